The zero-order valence-electron chi connectivity index (χ0n) is 13.9. The SMILES string of the molecule is COc1ccc(-n2nnnc2SCCn2nc3ccccn3c2=O)cc1. The van der Waals surface area contributed by atoms with Crippen LogP contribution in [0.3, 0.4) is 0 Å². The second-order valence-electron chi connectivity index (χ2n) is 5.35. The van der Waals surface area contributed by atoms with Gasteiger partial charge in [0.15, 0.2) is 5.65 Å². The lowest BCUT2D eigenvalue weighted by Gasteiger charge is -2.05. The molecule has 0 fully saturated rings. The first-order valence-corrected chi connectivity index (χ1v) is 8.84. The summed E-state index contributed by atoms with van der Waals surface area (Å²) in [6.07, 6.45) is 1.71. The van der Waals surface area contributed by atoms with Crippen molar-refractivity contribution in [3.63, 3.8) is 0 Å². The van der Waals surface area contributed by atoms with Crippen molar-refractivity contribution in [3.05, 3.63) is 59.1 Å². The van der Waals surface area contributed by atoms with Crippen LogP contribution in [0, 0.1) is 0 Å². The number of rotatable bonds is 6. The lowest BCUT2D eigenvalue weighted by Crippen LogP contribution is -2.22. The Morgan fingerprint density at radius 1 is 1.15 bits per heavy atom. The second-order valence-corrected chi connectivity index (χ2v) is 6.42. The monoisotopic (exact) mass is 369 g/mol. The van der Waals surface area contributed by atoms with Crippen LogP contribution in [0.5, 0.6) is 5.75 Å². The third-order valence-corrected chi connectivity index (χ3v) is 4.68. The van der Waals surface area contributed by atoms with E-state index in [1.807, 2.05) is 30.3 Å². The minimum absolute atomic E-state index is 0.157. The van der Waals surface area contributed by atoms with Crippen molar-refractivity contribution in [1.29, 1.82) is 0 Å². The van der Waals surface area contributed by atoms with E-state index in [0.717, 1.165) is 11.4 Å². The Balaban J connectivity index is 1.47. The zero-order chi connectivity index (χ0) is 17.9. The maximum atomic E-state index is 12.3. The molecular weight excluding hydrogens is 354 g/mol. The van der Waals surface area contributed by atoms with Crippen molar-refractivity contribution in [1.82, 2.24) is 34.4 Å². The van der Waals surface area contributed by atoms with Gasteiger partial charge in [-0.3, -0.25) is 4.40 Å². The van der Waals surface area contributed by atoms with Crippen LogP contribution in [-0.4, -0.2) is 47.3 Å². The number of hydrogen-bond acceptors (Lipinski definition) is 7. The summed E-state index contributed by atoms with van der Waals surface area (Å²) in [6.45, 7) is 0.459. The molecule has 0 spiro atoms. The number of thioether (sulfide) groups is 1. The lowest BCUT2D eigenvalue weighted by molar-refractivity contribution is 0.414. The summed E-state index contributed by atoms with van der Waals surface area (Å²) in [6, 6.07) is 12.9. The normalized spacial score (nSPS) is 11.1. The highest BCUT2D eigenvalue weighted by molar-refractivity contribution is 7.99. The molecule has 0 radical (unpaired) electrons. The van der Waals surface area contributed by atoms with Gasteiger partial charge in [0.25, 0.3) is 0 Å². The van der Waals surface area contributed by atoms with Crippen LogP contribution < -0.4 is 10.4 Å². The number of hydrogen-bond donors (Lipinski definition) is 0. The summed E-state index contributed by atoms with van der Waals surface area (Å²) in [5, 5.41) is 16.8. The summed E-state index contributed by atoms with van der Waals surface area (Å²) in [5.74, 6) is 1.38. The van der Waals surface area contributed by atoms with E-state index in [9.17, 15) is 4.79 Å². The molecule has 1 aromatic carbocycles. The number of fused-ring (bicyclic) bond motifs is 1. The largest absolute Gasteiger partial charge is 0.497 e. The Morgan fingerprint density at radius 3 is 2.77 bits per heavy atom. The molecule has 0 amide bonds. The molecule has 0 N–H and O–H groups in total. The molecule has 0 aliphatic heterocycles. The zero-order valence-corrected chi connectivity index (χ0v) is 14.7. The molecule has 4 rings (SSSR count). The molecule has 132 valence electrons. The molecule has 26 heavy (non-hydrogen) atoms. The number of ether oxygens (including phenoxy) is 1. The number of tetrazole rings is 1. The highest BCUT2D eigenvalue weighted by Gasteiger charge is 2.11. The van der Waals surface area contributed by atoms with Crippen LogP contribution in [0.25, 0.3) is 11.3 Å². The highest BCUT2D eigenvalue weighted by Crippen LogP contribution is 2.20. The van der Waals surface area contributed by atoms with E-state index >= 15 is 0 Å². The molecule has 0 saturated carbocycles. The van der Waals surface area contributed by atoms with E-state index in [1.165, 1.54) is 20.8 Å². The first kappa shape index (κ1) is 16.3. The van der Waals surface area contributed by atoms with Crippen molar-refractivity contribution >= 4 is 17.4 Å². The Morgan fingerprint density at radius 2 is 2.00 bits per heavy atom. The third kappa shape index (κ3) is 3.06. The standard InChI is InChI=1S/C16H15N7O2S/c1-25-13-7-5-12(6-8-13)23-15(17-19-20-23)26-11-10-22-16(24)21-9-3-2-4-14(21)18-22/h2-9H,10-11H2,1H3. The van der Waals surface area contributed by atoms with E-state index in [2.05, 4.69) is 20.6 Å². The Bertz CT molecular complexity index is 1080. The number of aryl methyl sites for hydroxylation is 1. The molecular formula is C16H15N7O2S. The first-order chi connectivity index (χ1) is 12.8. The summed E-state index contributed by atoms with van der Waals surface area (Å²) < 4.78 is 9.78. The third-order valence-electron chi connectivity index (χ3n) is 3.78. The van der Waals surface area contributed by atoms with Crippen LogP contribution >= 0.6 is 11.8 Å². The summed E-state index contributed by atoms with van der Waals surface area (Å²) in [4.78, 5) is 12.3. The van der Waals surface area contributed by atoms with Gasteiger partial charge in [-0.1, -0.05) is 17.8 Å². The summed E-state index contributed by atoms with van der Waals surface area (Å²) in [7, 11) is 1.62. The number of nitrogens with zero attached hydrogens (tertiary/aromatic N) is 7. The molecule has 3 heterocycles. The van der Waals surface area contributed by atoms with E-state index in [1.54, 1.807) is 30.1 Å². The first-order valence-electron chi connectivity index (χ1n) is 7.86. The van der Waals surface area contributed by atoms with Crippen molar-refractivity contribution in [2.75, 3.05) is 12.9 Å². The number of benzene rings is 1. The maximum Gasteiger partial charge on any atom is 0.350 e. The smallest absolute Gasteiger partial charge is 0.350 e. The maximum absolute atomic E-state index is 12.3. The average molecular weight is 369 g/mol. The van der Waals surface area contributed by atoms with Crippen molar-refractivity contribution in [2.24, 2.45) is 0 Å². The molecule has 0 atom stereocenters. The molecule has 10 heteroatoms. The Hall–Kier alpha value is -3.14. The van der Waals surface area contributed by atoms with E-state index in [0.29, 0.717) is 23.1 Å². The predicted molar refractivity (Wildman–Crippen MR) is 95.9 cm³/mol. The van der Waals surface area contributed by atoms with Crippen molar-refractivity contribution in [3.8, 4) is 11.4 Å². The average Bonchev–Trinajstić information content (AvgIpc) is 3.27. The van der Waals surface area contributed by atoms with E-state index in [-0.39, 0.29) is 5.69 Å². The fraction of sp³-hybridized carbons (Fsp3) is 0.188. The van der Waals surface area contributed by atoms with E-state index in [4.69, 9.17) is 4.74 Å². The fourth-order valence-corrected chi connectivity index (χ4v) is 3.30. The Kier molecular flexibility index (Phi) is 4.40. The van der Waals surface area contributed by atoms with Gasteiger partial charge in [-0.25, -0.2) is 9.48 Å². The van der Waals surface area contributed by atoms with Crippen LogP contribution in [0.4, 0.5) is 0 Å². The topological polar surface area (TPSA) is 92.1 Å². The van der Waals surface area contributed by atoms with Gasteiger partial charge >= 0.3 is 5.69 Å². The van der Waals surface area contributed by atoms with Crippen molar-refractivity contribution in [2.45, 2.75) is 11.7 Å². The van der Waals surface area contributed by atoms with Gasteiger partial charge in [0, 0.05) is 11.9 Å². The van der Waals surface area contributed by atoms with Crippen LogP contribution in [0.1, 0.15) is 0 Å². The Labute approximate surface area is 152 Å². The molecule has 0 aliphatic rings. The van der Waals surface area contributed by atoms with Gasteiger partial charge in [0.1, 0.15) is 5.75 Å². The number of pyridine rings is 1. The van der Waals surface area contributed by atoms with Gasteiger partial charge in [0.05, 0.1) is 19.3 Å². The number of aromatic nitrogens is 7. The van der Waals surface area contributed by atoms with Gasteiger partial charge in [-0.2, -0.15) is 4.68 Å². The lowest BCUT2D eigenvalue weighted by atomic mass is 10.3. The highest BCUT2D eigenvalue weighted by atomic mass is 32.2. The van der Waals surface area contributed by atoms with Crippen molar-refractivity contribution < 1.29 is 4.74 Å². The van der Waals surface area contributed by atoms with Crippen LogP contribution in [0.2, 0.25) is 0 Å². The number of methoxy groups -OCH3 is 1. The minimum atomic E-state index is -0.157. The molecule has 9 nitrogen and oxygen atoms in total. The molecule has 3 aromatic heterocycles. The summed E-state index contributed by atoms with van der Waals surface area (Å²) in [5.41, 5.74) is 1.31. The predicted octanol–water partition coefficient (Wildman–Crippen LogP) is 1.27. The van der Waals surface area contributed by atoms with Crippen LogP contribution in [0.15, 0.2) is 58.6 Å². The van der Waals surface area contributed by atoms with Gasteiger partial charge in [0.2, 0.25) is 5.16 Å². The minimum Gasteiger partial charge on any atom is -0.497 e. The van der Waals surface area contributed by atoms with E-state index < -0.39 is 0 Å². The molecule has 0 saturated heterocycles. The summed E-state index contributed by atoms with van der Waals surface area (Å²) >= 11 is 1.46. The second kappa shape index (κ2) is 7.00. The molecule has 0 unspecified atom stereocenters. The van der Waals surface area contributed by atoms with Gasteiger partial charge in [-0.15, -0.1) is 10.2 Å². The molecule has 0 aliphatic carbocycles. The quantitative estimate of drug-likeness (QED) is 0.473. The molecule has 0 bridgehead atoms. The van der Waals surface area contributed by atoms with Gasteiger partial charge in [-0.05, 0) is 46.8 Å². The molecule has 4 aromatic rings. The fourth-order valence-electron chi connectivity index (χ4n) is 2.49. The van der Waals surface area contributed by atoms with Crippen LogP contribution in [-0.2, 0) is 6.54 Å². The van der Waals surface area contributed by atoms with Gasteiger partial charge < -0.3 is 4.74 Å².